The number of carbonyl (C=O) groups excluding carboxylic acids is 3. The average molecular weight is 397 g/mol. The zero-order valence-corrected chi connectivity index (χ0v) is 16.4. The quantitative estimate of drug-likeness (QED) is 0.770. The molecule has 2 aromatic rings. The number of hydrogen-bond acceptors (Lipinski definition) is 5. The first-order valence-corrected chi connectivity index (χ1v) is 9.16. The van der Waals surface area contributed by atoms with Crippen molar-refractivity contribution in [1.29, 1.82) is 0 Å². The largest absolute Gasteiger partial charge is 0.497 e. The van der Waals surface area contributed by atoms with Gasteiger partial charge < -0.3 is 20.1 Å². The van der Waals surface area contributed by atoms with Gasteiger partial charge in [-0.2, -0.15) is 0 Å². The van der Waals surface area contributed by atoms with Gasteiger partial charge in [-0.15, -0.1) is 0 Å². The smallest absolute Gasteiger partial charge is 0.263 e. The van der Waals surface area contributed by atoms with Crippen LogP contribution in [0.4, 0.5) is 5.69 Å². The van der Waals surface area contributed by atoms with Crippen LogP contribution in [-0.4, -0.2) is 50.1 Å². The van der Waals surface area contributed by atoms with Crippen molar-refractivity contribution in [3.8, 4) is 11.5 Å². The van der Waals surface area contributed by atoms with Crippen molar-refractivity contribution in [2.24, 2.45) is 5.73 Å². The summed E-state index contributed by atoms with van der Waals surface area (Å²) in [5.41, 5.74) is 6.51. The Balaban J connectivity index is 1.98. The third-order valence-electron chi connectivity index (χ3n) is 4.83. The molecule has 1 saturated heterocycles. The van der Waals surface area contributed by atoms with E-state index in [9.17, 15) is 14.4 Å². The molecule has 0 spiro atoms. The minimum absolute atomic E-state index is 0.00162. The number of rotatable bonds is 7. The summed E-state index contributed by atoms with van der Waals surface area (Å²) in [6.45, 7) is 0.685. The second-order valence-corrected chi connectivity index (χ2v) is 6.61. The molecular weight excluding hydrogens is 374 g/mol. The minimum Gasteiger partial charge on any atom is -0.497 e. The molecule has 1 heterocycles. The Labute approximate surface area is 168 Å². The lowest BCUT2D eigenvalue weighted by Crippen LogP contribution is -2.42. The molecule has 1 fully saturated rings. The van der Waals surface area contributed by atoms with Crippen molar-refractivity contribution < 1.29 is 23.9 Å². The maximum absolute atomic E-state index is 13.4. The molecule has 1 aliphatic rings. The Morgan fingerprint density at radius 2 is 1.83 bits per heavy atom. The number of nitrogens with zero attached hydrogens (tertiary/aromatic N) is 2. The third-order valence-corrected chi connectivity index (χ3v) is 4.83. The highest BCUT2D eigenvalue weighted by atomic mass is 16.5. The molecule has 2 aromatic carbocycles. The lowest BCUT2D eigenvalue weighted by molar-refractivity contribution is -0.127. The number of anilines is 1. The third kappa shape index (κ3) is 4.31. The number of nitrogens with two attached hydrogens (primary N) is 1. The number of primary amides is 1. The van der Waals surface area contributed by atoms with Crippen LogP contribution in [-0.2, 0) is 4.79 Å². The van der Waals surface area contributed by atoms with E-state index in [-0.39, 0.29) is 18.5 Å². The summed E-state index contributed by atoms with van der Waals surface area (Å²) in [4.78, 5) is 40.0. The maximum atomic E-state index is 13.4. The first-order valence-electron chi connectivity index (χ1n) is 9.16. The van der Waals surface area contributed by atoms with E-state index < -0.39 is 5.91 Å². The fourth-order valence-electron chi connectivity index (χ4n) is 3.21. The van der Waals surface area contributed by atoms with Gasteiger partial charge in [-0.25, -0.2) is 0 Å². The van der Waals surface area contributed by atoms with E-state index in [0.29, 0.717) is 41.3 Å². The van der Waals surface area contributed by atoms with Gasteiger partial charge in [0.15, 0.2) is 0 Å². The molecule has 3 rings (SSSR count). The van der Waals surface area contributed by atoms with Gasteiger partial charge in [-0.1, -0.05) is 0 Å². The molecule has 0 unspecified atom stereocenters. The van der Waals surface area contributed by atoms with Crippen LogP contribution in [0, 0.1) is 0 Å². The molecule has 0 bridgehead atoms. The predicted molar refractivity (Wildman–Crippen MR) is 107 cm³/mol. The lowest BCUT2D eigenvalue weighted by Gasteiger charge is -2.28. The first-order chi connectivity index (χ1) is 13.9. The van der Waals surface area contributed by atoms with E-state index in [1.807, 2.05) is 0 Å². The molecule has 0 aromatic heterocycles. The summed E-state index contributed by atoms with van der Waals surface area (Å²) in [5, 5.41) is 0. The Bertz CT molecular complexity index is 926. The molecule has 3 amide bonds. The van der Waals surface area contributed by atoms with E-state index in [1.165, 1.54) is 19.1 Å². The molecule has 29 heavy (non-hydrogen) atoms. The van der Waals surface area contributed by atoms with E-state index in [4.69, 9.17) is 15.2 Å². The molecular formula is C21H23N3O5. The minimum atomic E-state index is -0.555. The molecule has 0 atom stereocenters. The zero-order chi connectivity index (χ0) is 21.0. The van der Waals surface area contributed by atoms with Crippen molar-refractivity contribution in [2.75, 3.05) is 32.3 Å². The van der Waals surface area contributed by atoms with Crippen LogP contribution in [0.5, 0.6) is 11.5 Å². The number of benzene rings is 2. The standard InChI is InChI=1S/C21H23N3O5/c1-28-16-9-10-17(18(12-16)29-2)21(27)24(13-23-11-3-4-19(23)25)15-7-5-14(6-8-15)20(22)26/h5-10,12H,3-4,11,13H2,1-2H3,(H2,22,26). The monoisotopic (exact) mass is 397 g/mol. The Hall–Kier alpha value is -3.55. The summed E-state index contributed by atoms with van der Waals surface area (Å²) in [5.74, 6) is 0.0292. The van der Waals surface area contributed by atoms with Crippen LogP contribution in [0.2, 0.25) is 0 Å². The van der Waals surface area contributed by atoms with Gasteiger partial charge in [0.1, 0.15) is 18.2 Å². The van der Waals surface area contributed by atoms with Crippen molar-refractivity contribution in [2.45, 2.75) is 12.8 Å². The summed E-state index contributed by atoms with van der Waals surface area (Å²) in [6.07, 6.45) is 1.22. The number of hydrogen-bond donors (Lipinski definition) is 1. The van der Waals surface area contributed by atoms with Crippen LogP contribution >= 0.6 is 0 Å². The fourth-order valence-corrected chi connectivity index (χ4v) is 3.21. The SMILES string of the molecule is COc1ccc(C(=O)N(CN2CCCC2=O)c2ccc(C(N)=O)cc2)c(OC)c1. The average Bonchev–Trinajstić information content (AvgIpc) is 3.15. The van der Waals surface area contributed by atoms with Crippen molar-refractivity contribution >= 4 is 23.4 Å². The molecule has 2 N–H and O–H groups in total. The molecule has 0 saturated carbocycles. The Kier molecular flexibility index (Phi) is 6.01. The van der Waals surface area contributed by atoms with Crippen LogP contribution < -0.4 is 20.1 Å². The molecule has 8 heteroatoms. The molecule has 0 radical (unpaired) electrons. The highest BCUT2D eigenvalue weighted by Crippen LogP contribution is 2.28. The van der Waals surface area contributed by atoms with Gasteiger partial charge in [0.05, 0.1) is 19.8 Å². The molecule has 8 nitrogen and oxygen atoms in total. The van der Waals surface area contributed by atoms with Gasteiger partial charge in [0, 0.05) is 30.3 Å². The van der Waals surface area contributed by atoms with Gasteiger partial charge in [0.25, 0.3) is 5.91 Å². The Morgan fingerprint density at radius 3 is 2.38 bits per heavy atom. The fraction of sp³-hybridized carbons (Fsp3) is 0.286. The van der Waals surface area contributed by atoms with E-state index in [2.05, 4.69) is 0 Å². The number of amides is 3. The summed E-state index contributed by atoms with van der Waals surface area (Å²) < 4.78 is 10.6. The predicted octanol–water partition coefficient (Wildman–Crippen LogP) is 2.03. The zero-order valence-electron chi connectivity index (χ0n) is 16.4. The first kappa shape index (κ1) is 20.2. The normalized spacial score (nSPS) is 13.3. The van der Waals surface area contributed by atoms with Crippen LogP contribution in [0.15, 0.2) is 42.5 Å². The second-order valence-electron chi connectivity index (χ2n) is 6.61. The highest BCUT2D eigenvalue weighted by Gasteiger charge is 2.28. The van der Waals surface area contributed by atoms with Crippen molar-refractivity contribution in [1.82, 2.24) is 4.90 Å². The van der Waals surface area contributed by atoms with E-state index in [1.54, 1.807) is 47.4 Å². The number of ether oxygens (including phenoxy) is 2. The van der Waals surface area contributed by atoms with Crippen LogP contribution in [0.3, 0.4) is 0 Å². The summed E-state index contributed by atoms with van der Waals surface area (Å²) in [6, 6.07) is 11.3. The second kappa shape index (κ2) is 8.64. The van der Waals surface area contributed by atoms with E-state index in [0.717, 1.165) is 6.42 Å². The van der Waals surface area contributed by atoms with Gasteiger partial charge in [0.2, 0.25) is 11.8 Å². The molecule has 152 valence electrons. The van der Waals surface area contributed by atoms with Gasteiger partial charge in [-0.05, 0) is 42.8 Å². The summed E-state index contributed by atoms with van der Waals surface area (Å²) in [7, 11) is 3.00. The van der Waals surface area contributed by atoms with Gasteiger partial charge >= 0.3 is 0 Å². The van der Waals surface area contributed by atoms with Crippen LogP contribution in [0.1, 0.15) is 33.6 Å². The van der Waals surface area contributed by atoms with Gasteiger partial charge in [-0.3, -0.25) is 19.3 Å². The van der Waals surface area contributed by atoms with Crippen molar-refractivity contribution in [3.05, 3.63) is 53.6 Å². The lowest BCUT2D eigenvalue weighted by atomic mass is 10.1. The molecule has 1 aliphatic heterocycles. The number of methoxy groups -OCH3 is 2. The number of likely N-dealkylation sites (tertiary alicyclic amines) is 1. The maximum Gasteiger partial charge on any atom is 0.263 e. The van der Waals surface area contributed by atoms with E-state index >= 15 is 0 Å². The van der Waals surface area contributed by atoms with Crippen molar-refractivity contribution in [3.63, 3.8) is 0 Å². The number of carbonyl (C=O) groups is 3. The highest BCUT2D eigenvalue weighted by molar-refractivity contribution is 6.08. The Morgan fingerprint density at radius 1 is 1.10 bits per heavy atom. The van der Waals surface area contributed by atoms with Crippen LogP contribution in [0.25, 0.3) is 0 Å². The molecule has 0 aliphatic carbocycles. The topological polar surface area (TPSA) is 102 Å². The summed E-state index contributed by atoms with van der Waals surface area (Å²) >= 11 is 0.